The van der Waals surface area contributed by atoms with Crippen molar-refractivity contribution in [2.75, 3.05) is 0 Å². The fourth-order valence-corrected chi connectivity index (χ4v) is 3.42. The summed E-state index contributed by atoms with van der Waals surface area (Å²) in [6, 6.07) is 0.733. The standard InChI is InChI=1S/C15H25N3/c1-3-7-12(8-4-1)16-11-15-13-9-5-2-6-10-14(13)17-18-15/h12,16H,1-11H2,(H,17,18). The van der Waals surface area contributed by atoms with Gasteiger partial charge in [0.2, 0.25) is 0 Å². The molecule has 0 amide bonds. The van der Waals surface area contributed by atoms with Crippen LogP contribution in [0, 0.1) is 0 Å². The molecule has 0 aliphatic heterocycles. The van der Waals surface area contributed by atoms with Crippen molar-refractivity contribution < 1.29 is 0 Å². The maximum Gasteiger partial charge on any atom is 0.0794 e. The van der Waals surface area contributed by atoms with Crippen LogP contribution in [0.4, 0.5) is 0 Å². The molecule has 3 rings (SSSR count). The Morgan fingerprint density at radius 3 is 2.67 bits per heavy atom. The van der Waals surface area contributed by atoms with E-state index >= 15 is 0 Å². The van der Waals surface area contributed by atoms with E-state index in [4.69, 9.17) is 0 Å². The Morgan fingerprint density at radius 2 is 1.78 bits per heavy atom. The van der Waals surface area contributed by atoms with Gasteiger partial charge in [-0.05, 0) is 44.1 Å². The lowest BCUT2D eigenvalue weighted by atomic mass is 9.95. The van der Waals surface area contributed by atoms with E-state index in [2.05, 4.69) is 15.5 Å². The summed E-state index contributed by atoms with van der Waals surface area (Å²) in [5.74, 6) is 0. The quantitative estimate of drug-likeness (QED) is 0.806. The lowest BCUT2D eigenvalue weighted by molar-refractivity contribution is 0.370. The molecule has 1 aromatic rings. The number of rotatable bonds is 3. The van der Waals surface area contributed by atoms with E-state index in [1.165, 1.54) is 81.2 Å². The molecule has 3 heteroatoms. The van der Waals surface area contributed by atoms with Crippen molar-refractivity contribution >= 4 is 0 Å². The topological polar surface area (TPSA) is 40.7 Å². The van der Waals surface area contributed by atoms with Gasteiger partial charge in [0.05, 0.1) is 5.69 Å². The maximum absolute atomic E-state index is 4.54. The fourth-order valence-electron chi connectivity index (χ4n) is 3.42. The van der Waals surface area contributed by atoms with Gasteiger partial charge in [0.25, 0.3) is 0 Å². The number of hydrogen-bond acceptors (Lipinski definition) is 2. The smallest absolute Gasteiger partial charge is 0.0794 e. The summed E-state index contributed by atoms with van der Waals surface area (Å²) >= 11 is 0. The zero-order valence-electron chi connectivity index (χ0n) is 11.3. The van der Waals surface area contributed by atoms with Crippen molar-refractivity contribution in [1.82, 2.24) is 15.5 Å². The summed E-state index contributed by atoms with van der Waals surface area (Å²) in [6.07, 6.45) is 13.4. The van der Waals surface area contributed by atoms with Gasteiger partial charge in [0.1, 0.15) is 0 Å². The first kappa shape index (κ1) is 12.2. The van der Waals surface area contributed by atoms with Gasteiger partial charge in [-0.3, -0.25) is 5.10 Å². The van der Waals surface area contributed by atoms with Crippen LogP contribution < -0.4 is 5.32 Å². The fraction of sp³-hybridized carbons (Fsp3) is 0.800. The van der Waals surface area contributed by atoms with Crippen molar-refractivity contribution in [3.63, 3.8) is 0 Å². The molecule has 0 radical (unpaired) electrons. The number of aryl methyl sites for hydroxylation is 1. The lowest BCUT2D eigenvalue weighted by Gasteiger charge is -2.22. The molecule has 1 heterocycles. The highest BCUT2D eigenvalue weighted by atomic mass is 15.1. The lowest BCUT2D eigenvalue weighted by Crippen LogP contribution is -2.30. The first-order valence-corrected chi connectivity index (χ1v) is 7.72. The Balaban J connectivity index is 1.60. The third-order valence-electron chi connectivity index (χ3n) is 4.56. The molecule has 1 aromatic heterocycles. The van der Waals surface area contributed by atoms with E-state index in [-0.39, 0.29) is 0 Å². The van der Waals surface area contributed by atoms with Crippen molar-refractivity contribution in [2.24, 2.45) is 0 Å². The van der Waals surface area contributed by atoms with Crippen LogP contribution in [-0.4, -0.2) is 16.2 Å². The van der Waals surface area contributed by atoms with Gasteiger partial charge < -0.3 is 5.32 Å². The van der Waals surface area contributed by atoms with Crippen LogP contribution in [0.5, 0.6) is 0 Å². The molecule has 1 saturated carbocycles. The zero-order valence-corrected chi connectivity index (χ0v) is 11.3. The Hall–Kier alpha value is -0.830. The molecule has 2 aliphatic rings. The summed E-state index contributed by atoms with van der Waals surface area (Å²) in [6.45, 7) is 0.969. The normalized spacial score (nSPS) is 21.6. The molecule has 100 valence electrons. The molecule has 0 aromatic carbocycles. The predicted octanol–water partition coefficient (Wildman–Crippen LogP) is 3.10. The van der Waals surface area contributed by atoms with Gasteiger partial charge in [-0.1, -0.05) is 25.7 Å². The van der Waals surface area contributed by atoms with Crippen LogP contribution in [0.25, 0.3) is 0 Å². The highest BCUT2D eigenvalue weighted by Gasteiger charge is 2.17. The van der Waals surface area contributed by atoms with Crippen LogP contribution in [0.3, 0.4) is 0 Å². The van der Waals surface area contributed by atoms with Crippen molar-refractivity contribution in [3.05, 3.63) is 17.0 Å². The third kappa shape index (κ3) is 2.77. The summed E-state index contributed by atoms with van der Waals surface area (Å²) in [7, 11) is 0. The molecule has 2 aliphatic carbocycles. The number of H-pyrrole nitrogens is 1. The maximum atomic E-state index is 4.54. The first-order chi connectivity index (χ1) is 8.93. The molecule has 0 spiro atoms. The minimum atomic E-state index is 0.733. The number of hydrogen-bond donors (Lipinski definition) is 2. The van der Waals surface area contributed by atoms with Crippen molar-refractivity contribution in [3.8, 4) is 0 Å². The molecular weight excluding hydrogens is 222 g/mol. The zero-order chi connectivity index (χ0) is 12.2. The minimum Gasteiger partial charge on any atom is -0.308 e. The van der Waals surface area contributed by atoms with Crippen molar-refractivity contribution in [1.29, 1.82) is 0 Å². The highest BCUT2D eigenvalue weighted by molar-refractivity contribution is 5.26. The van der Waals surface area contributed by atoms with E-state index in [1.54, 1.807) is 0 Å². The molecule has 0 bridgehead atoms. The molecule has 0 saturated heterocycles. The summed E-state index contributed by atoms with van der Waals surface area (Å²) in [5, 5.41) is 11.5. The first-order valence-electron chi connectivity index (χ1n) is 7.72. The molecule has 0 atom stereocenters. The van der Waals surface area contributed by atoms with Crippen LogP contribution in [0.15, 0.2) is 0 Å². The Kier molecular flexibility index (Phi) is 3.99. The average molecular weight is 247 g/mol. The van der Waals surface area contributed by atoms with Crippen LogP contribution >= 0.6 is 0 Å². The van der Waals surface area contributed by atoms with Gasteiger partial charge in [-0.15, -0.1) is 0 Å². The van der Waals surface area contributed by atoms with Crippen molar-refractivity contribution in [2.45, 2.75) is 76.8 Å². The molecular formula is C15H25N3. The number of fused-ring (bicyclic) bond motifs is 1. The second-order valence-corrected chi connectivity index (χ2v) is 5.90. The average Bonchev–Trinajstić information content (AvgIpc) is 2.65. The van der Waals surface area contributed by atoms with Gasteiger partial charge >= 0.3 is 0 Å². The van der Waals surface area contributed by atoms with Crippen LogP contribution in [0.1, 0.15) is 68.3 Å². The van der Waals surface area contributed by atoms with E-state index in [0.29, 0.717) is 0 Å². The monoisotopic (exact) mass is 247 g/mol. The number of nitrogens with one attached hydrogen (secondary N) is 2. The largest absolute Gasteiger partial charge is 0.308 e. The summed E-state index contributed by atoms with van der Waals surface area (Å²) in [4.78, 5) is 0. The summed E-state index contributed by atoms with van der Waals surface area (Å²) in [5.41, 5.74) is 4.22. The highest BCUT2D eigenvalue weighted by Crippen LogP contribution is 2.22. The molecule has 1 fully saturated rings. The Morgan fingerprint density at radius 1 is 1.00 bits per heavy atom. The Bertz CT molecular complexity index is 377. The van der Waals surface area contributed by atoms with Gasteiger partial charge in [-0.2, -0.15) is 5.10 Å². The third-order valence-corrected chi connectivity index (χ3v) is 4.56. The van der Waals surface area contributed by atoms with Gasteiger partial charge in [0, 0.05) is 18.3 Å². The van der Waals surface area contributed by atoms with Gasteiger partial charge in [0.15, 0.2) is 0 Å². The van der Waals surface area contributed by atoms with Crippen LogP contribution in [0.2, 0.25) is 0 Å². The van der Waals surface area contributed by atoms with E-state index in [1.807, 2.05) is 0 Å². The minimum absolute atomic E-state index is 0.733. The molecule has 3 nitrogen and oxygen atoms in total. The number of aromatic nitrogens is 2. The number of nitrogens with zero attached hydrogens (tertiary/aromatic N) is 1. The van der Waals surface area contributed by atoms with E-state index < -0.39 is 0 Å². The molecule has 0 unspecified atom stereocenters. The van der Waals surface area contributed by atoms with E-state index in [0.717, 1.165) is 12.6 Å². The van der Waals surface area contributed by atoms with Crippen LogP contribution in [-0.2, 0) is 19.4 Å². The van der Waals surface area contributed by atoms with Gasteiger partial charge in [-0.25, -0.2) is 0 Å². The summed E-state index contributed by atoms with van der Waals surface area (Å²) < 4.78 is 0. The number of aromatic amines is 1. The second-order valence-electron chi connectivity index (χ2n) is 5.90. The molecule has 18 heavy (non-hydrogen) atoms. The second kappa shape index (κ2) is 5.87. The Labute approximate surface area is 110 Å². The van der Waals surface area contributed by atoms with E-state index in [9.17, 15) is 0 Å². The predicted molar refractivity (Wildman–Crippen MR) is 73.6 cm³/mol. The SMILES string of the molecule is C1CCc2[nH]nc(CNC3CCCCC3)c2CC1. The molecule has 2 N–H and O–H groups in total.